The molecule has 0 spiro atoms. The largest absolute Gasteiger partial charge is 0.372 e. The van der Waals surface area contributed by atoms with Crippen LogP contribution in [0.3, 0.4) is 0 Å². The van der Waals surface area contributed by atoms with Gasteiger partial charge in [0.25, 0.3) is 0 Å². The van der Waals surface area contributed by atoms with Crippen LogP contribution in [0.2, 0.25) is 0 Å². The maximum absolute atomic E-state index is 4.32. The molecular formula is C13H16BrN5. The number of pyridine rings is 1. The molecule has 0 unspecified atom stereocenters. The minimum Gasteiger partial charge on any atom is -0.372 e. The first-order chi connectivity index (χ1) is 9.22. The topological polar surface area (TPSA) is 53.9 Å². The van der Waals surface area contributed by atoms with Crippen LogP contribution in [0, 0.1) is 0 Å². The molecule has 2 rings (SSSR count). The lowest BCUT2D eigenvalue weighted by molar-refractivity contribution is 0.833. The van der Waals surface area contributed by atoms with Crippen molar-refractivity contribution in [3.05, 3.63) is 40.9 Å². The van der Waals surface area contributed by atoms with Gasteiger partial charge in [-0.3, -0.25) is 4.98 Å². The average molecular weight is 322 g/mol. The Morgan fingerprint density at radius 2 is 2.11 bits per heavy atom. The molecule has 2 heterocycles. The first-order valence-corrected chi connectivity index (χ1v) is 6.81. The van der Waals surface area contributed by atoms with Gasteiger partial charge in [0.2, 0.25) is 0 Å². The molecule has 0 radical (unpaired) electrons. The summed E-state index contributed by atoms with van der Waals surface area (Å²) in [6, 6.07) is 5.96. The van der Waals surface area contributed by atoms with E-state index < -0.39 is 0 Å². The fourth-order valence-electron chi connectivity index (χ4n) is 1.74. The highest BCUT2D eigenvalue weighted by Crippen LogP contribution is 2.28. The third-order valence-electron chi connectivity index (χ3n) is 2.80. The number of aromatic nitrogens is 3. The van der Waals surface area contributed by atoms with Crippen molar-refractivity contribution < 1.29 is 0 Å². The molecule has 6 heteroatoms. The molecule has 0 aliphatic rings. The van der Waals surface area contributed by atoms with Gasteiger partial charge in [-0.1, -0.05) is 6.07 Å². The second kappa shape index (κ2) is 6.47. The third kappa shape index (κ3) is 3.41. The van der Waals surface area contributed by atoms with Gasteiger partial charge < -0.3 is 10.2 Å². The number of hydrogen-bond donors (Lipinski definition) is 1. The number of likely N-dealkylation sites (N-methyl/N-ethyl adjacent to an activating group) is 1. The van der Waals surface area contributed by atoms with E-state index in [0.717, 1.165) is 34.8 Å². The maximum Gasteiger partial charge on any atom is 0.148 e. The summed E-state index contributed by atoms with van der Waals surface area (Å²) in [6.45, 7) is 0.843. The Labute approximate surface area is 121 Å². The molecule has 5 nitrogen and oxygen atoms in total. The summed E-state index contributed by atoms with van der Waals surface area (Å²) < 4.78 is 0.876. The van der Waals surface area contributed by atoms with Crippen LogP contribution in [0.5, 0.6) is 0 Å². The highest BCUT2D eigenvalue weighted by atomic mass is 79.9. The molecule has 2 aromatic rings. The number of anilines is 2. The van der Waals surface area contributed by atoms with Crippen molar-refractivity contribution in [2.45, 2.75) is 6.42 Å². The number of hydrogen-bond acceptors (Lipinski definition) is 5. The summed E-state index contributed by atoms with van der Waals surface area (Å²) in [5.41, 5.74) is 1.08. The van der Waals surface area contributed by atoms with Crippen LogP contribution >= 0.6 is 15.9 Å². The van der Waals surface area contributed by atoms with E-state index in [0.29, 0.717) is 0 Å². The predicted octanol–water partition coefficient (Wildman–Crippen LogP) is 2.35. The first kappa shape index (κ1) is 13.7. The van der Waals surface area contributed by atoms with Crippen LogP contribution in [0.15, 0.2) is 35.2 Å². The SMILES string of the molecule is CNc1ncnc(N(C)CCc2ccccn2)c1Br. The zero-order chi connectivity index (χ0) is 13.7. The summed E-state index contributed by atoms with van der Waals surface area (Å²) in [5, 5.41) is 3.03. The molecule has 100 valence electrons. The summed E-state index contributed by atoms with van der Waals surface area (Å²) in [5.74, 6) is 1.66. The first-order valence-electron chi connectivity index (χ1n) is 6.01. The van der Waals surface area contributed by atoms with E-state index in [1.165, 1.54) is 0 Å². The van der Waals surface area contributed by atoms with Gasteiger partial charge in [0.15, 0.2) is 0 Å². The van der Waals surface area contributed by atoms with Gasteiger partial charge in [0.05, 0.1) is 0 Å². The van der Waals surface area contributed by atoms with Gasteiger partial charge in [-0.15, -0.1) is 0 Å². The summed E-state index contributed by atoms with van der Waals surface area (Å²) in [6.07, 6.45) is 4.25. The maximum atomic E-state index is 4.32. The molecular weight excluding hydrogens is 306 g/mol. The molecule has 0 amide bonds. The lowest BCUT2D eigenvalue weighted by Gasteiger charge is -2.19. The van der Waals surface area contributed by atoms with Gasteiger partial charge in [-0.2, -0.15) is 0 Å². The van der Waals surface area contributed by atoms with E-state index in [-0.39, 0.29) is 0 Å². The van der Waals surface area contributed by atoms with Crippen LogP contribution < -0.4 is 10.2 Å². The zero-order valence-electron chi connectivity index (χ0n) is 11.0. The Kier molecular flexibility index (Phi) is 4.68. The smallest absolute Gasteiger partial charge is 0.148 e. The van der Waals surface area contributed by atoms with Crippen LogP contribution in [-0.4, -0.2) is 35.6 Å². The van der Waals surface area contributed by atoms with E-state index >= 15 is 0 Å². The number of nitrogens with one attached hydrogen (secondary N) is 1. The second-order valence-electron chi connectivity index (χ2n) is 4.10. The summed E-state index contributed by atoms with van der Waals surface area (Å²) in [4.78, 5) is 14.9. The van der Waals surface area contributed by atoms with Crippen LogP contribution in [0.4, 0.5) is 11.6 Å². The fraction of sp³-hybridized carbons (Fsp3) is 0.308. The molecule has 2 aromatic heterocycles. The van der Waals surface area contributed by atoms with Crippen molar-refractivity contribution in [1.29, 1.82) is 0 Å². The van der Waals surface area contributed by atoms with Crippen molar-refractivity contribution in [1.82, 2.24) is 15.0 Å². The molecule has 0 saturated heterocycles. The predicted molar refractivity (Wildman–Crippen MR) is 80.5 cm³/mol. The second-order valence-corrected chi connectivity index (χ2v) is 4.90. The van der Waals surface area contributed by atoms with Crippen molar-refractivity contribution in [3.63, 3.8) is 0 Å². The Morgan fingerprint density at radius 1 is 1.26 bits per heavy atom. The summed E-state index contributed by atoms with van der Waals surface area (Å²) >= 11 is 3.52. The molecule has 0 bridgehead atoms. The molecule has 0 fully saturated rings. The Hall–Kier alpha value is -1.69. The van der Waals surface area contributed by atoms with E-state index in [1.54, 1.807) is 6.33 Å². The van der Waals surface area contributed by atoms with Crippen LogP contribution in [-0.2, 0) is 6.42 Å². The Morgan fingerprint density at radius 3 is 2.79 bits per heavy atom. The monoisotopic (exact) mass is 321 g/mol. The minimum atomic E-state index is 0.787. The van der Waals surface area contributed by atoms with E-state index in [1.807, 2.05) is 38.5 Å². The van der Waals surface area contributed by atoms with Crippen molar-refractivity contribution in [3.8, 4) is 0 Å². The zero-order valence-corrected chi connectivity index (χ0v) is 12.6. The van der Waals surface area contributed by atoms with Gasteiger partial charge in [0, 0.05) is 39.0 Å². The van der Waals surface area contributed by atoms with Gasteiger partial charge in [-0.05, 0) is 28.1 Å². The molecule has 0 aliphatic carbocycles. The van der Waals surface area contributed by atoms with Crippen molar-refractivity contribution in [2.24, 2.45) is 0 Å². The molecule has 1 N–H and O–H groups in total. The van der Waals surface area contributed by atoms with Crippen LogP contribution in [0.25, 0.3) is 0 Å². The Bertz CT molecular complexity index is 532. The average Bonchev–Trinajstić information content (AvgIpc) is 2.46. The third-order valence-corrected chi connectivity index (χ3v) is 3.53. The van der Waals surface area contributed by atoms with E-state index in [4.69, 9.17) is 0 Å². The van der Waals surface area contributed by atoms with Gasteiger partial charge in [-0.25, -0.2) is 9.97 Å². The highest BCUT2D eigenvalue weighted by molar-refractivity contribution is 9.10. The minimum absolute atomic E-state index is 0.787. The molecule has 0 aliphatic heterocycles. The number of rotatable bonds is 5. The lowest BCUT2D eigenvalue weighted by Crippen LogP contribution is -2.22. The highest BCUT2D eigenvalue weighted by Gasteiger charge is 2.11. The number of halogens is 1. The lowest BCUT2D eigenvalue weighted by atomic mass is 10.2. The van der Waals surface area contributed by atoms with Gasteiger partial charge in [0.1, 0.15) is 22.4 Å². The number of nitrogens with zero attached hydrogens (tertiary/aromatic N) is 4. The van der Waals surface area contributed by atoms with Crippen LogP contribution in [0.1, 0.15) is 5.69 Å². The fourth-order valence-corrected chi connectivity index (χ4v) is 2.44. The normalized spacial score (nSPS) is 10.3. The molecule has 0 saturated carbocycles. The summed E-state index contributed by atoms with van der Waals surface area (Å²) in [7, 11) is 3.85. The van der Waals surface area contributed by atoms with E-state index in [2.05, 4.69) is 41.1 Å². The quantitative estimate of drug-likeness (QED) is 0.916. The Balaban J connectivity index is 2.06. The standard InChI is InChI=1S/C13H16BrN5/c1-15-12-11(14)13(18-9-17-12)19(2)8-6-10-5-3-4-7-16-10/h3-5,7,9H,6,8H2,1-2H3,(H,15,17,18). The molecule has 19 heavy (non-hydrogen) atoms. The van der Waals surface area contributed by atoms with Crippen molar-refractivity contribution in [2.75, 3.05) is 30.9 Å². The van der Waals surface area contributed by atoms with Crippen molar-refractivity contribution >= 4 is 27.6 Å². The molecule has 0 aromatic carbocycles. The molecule has 0 atom stereocenters. The van der Waals surface area contributed by atoms with E-state index in [9.17, 15) is 0 Å². The van der Waals surface area contributed by atoms with Gasteiger partial charge >= 0.3 is 0 Å².